The van der Waals surface area contributed by atoms with Gasteiger partial charge in [0.25, 0.3) is 0 Å². The standard InChI is InChI=1S/C13H14F3N3/c14-13(15,16)10-3-5-19-11(6-10)8-18-12(19)9-2-1-4-17-7-9/h3,5-6,8-9,17H,1-2,4,7H2. The van der Waals surface area contributed by atoms with Crippen molar-refractivity contribution in [1.82, 2.24) is 14.7 Å². The van der Waals surface area contributed by atoms with Crippen molar-refractivity contribution in [2.45, 2.75) is 24.9 Å². The van der Waals surface area contributed by atoms with Gasteiger partial charge in [-0.3, -0.25) is 0 Å². The number of hydrogen-bond donors (Lipinski definition) is 1. The van der Waals surface area contributed by atoms with Gasteiger partial charge in [0.2, 0.25) is 0 Å². The van der Waals surface area contributed by atoms with Crippen molar-refractivity contribution in [3.05, 3.63) is 35.9 Å². The van der Waals surface area contributed by atoms with Gasteiger partial charge in [0, 0.05) is 18.7 Å². The Morgan fingerprint density at radius 1 is 1.37 bits per heavy atom. The zero-order valence-electron chi connectivity index (χ0n) is 10.2. The van der Waals surface area contributed by atoms with Gasteiger partial charge in [-0.2, -0.15) is 13.2 Å². The van der Waals surface area contributed by atoms with Gasteiger partial charge in [0.05, 0.1) is 17.3 Å². The van der Waals surface area contributed by atoms with Crippen LogP contribution in [0.15, 0.2) is 24.5 Å². The van der Waals surface area contributed by atoms with Gasteiger partial charge >= 0.3 is 6.18 Å². The smallest absolute Gasteiger partial charge is 0.316 e. The molecule has 1 aliphatic rings. The molecule has 0 saturated carbocycles. The van der Waals surface area contributed by atoms with Crippen LogP contribution in [0, 0.1) is 0 Å². The summed E-state index contributed by atoms with van der Waals surface area (Å²) in [4.78, 5) is 4.30. The highest BCUT2D eigenvalue weighted by Crippen LogP contribution is 2.31. The molecule has 3 nitrogen and oxygen atoms in total. The van der Waals surface area contributed by atoms with Crippen molar-refractivity contribution in [3.8, 4) is 0 Å². The second-order valence-electron chi connectivity index (χ2n) is 4.87. The summed E-state index contributed by atoms with van der Waals surface area (Å²) in [7, 11) is 0. The van der Waals surface area contributed by atoms with Gasteiger partial charge in [-0.1, -0.05) is 0 Å². The molecule has 2 aromatic heterocycles. The van der Waals surface area contributed by atoms with E-state index in [-0.39, 0.29) is 5.92 Å². The fraction of sp³-hybridized carbons (Fsp3) is 0.462. The number of pyridine rings is 1. The Labute approximate surface area is 108 Å². The highest BCUT2D eigenvalue weighted by Gasteiger charge is 2.31. The number of aromatic nitrogens is 2. The summed E-state index contributed by atoms with van der Waals surface area (Å²) in [5, 5.41) is 3.29. The molecule has 3 heterocycles. The Morgan fingerprint density at radius 2 is 2.21 bits per heavy atom. The first-order valence-corrected chi connectivity index (χ1v) is 6.30. The molecule has 102 valence electrons. The zero-order chi connectivity index (χ0) is 13.5. The molecule has 6 heteroatoms. The number of nitrogens with zero attached hydrogens (tertiary/aromatic N) is 2. The fourth-order valence-corrected chi connectivity index (χ4v) is 2.57. The van der Waals surface area contributed by atoms with Gasteiger partial charge in [-0.05, 0) is 31.5 Å². The number of alkyl halides is 3. The first-order chi connectivity index (χ1) is 9.05. The van der Waals surface area contributed by atoms with Crippen LogP contribution < -0.4 is 5.32 Å². The molecular formula is C13H14F3N3. The number of halogens is 3. The van der Waals surface area contributed by atoms with E-state index in [9.17, 15) is 13.2 Å². The van der Waals surface area contributed by atoms with E-state index in [2.05, 4.69) is 10.3 Å². The van der Waals surface area contributed by atoms with E-state index in [0.717, 1.165) is 43.9 Å². The normalized spacial score (nSPS) is 20.9. The van der Waals surface area contributed by atoms with Crippen molar-refractivity contribution >= 4 is 5.52 Å². The molecule has 0 aliphatic carbocycles. The van der Waals surface area contributed by atoms with Gasteiger partial charge in [-0.15, -0.1) is 0 Å². The first-order valence-electron chi connectivity index (χ1n) is 6.30. The number of nitrogens with one attached hydrogen (secondary N) is 1. The second-order valence-corrected chi connectivity index (χ2v) is 4.87. The monoisotopic (exact) mass is 269 g/mol. The van der Waals surface area contributed by atoms with Crippen LogP contribution in [0.5, 0.6) is 0 Å². The third-order valence-corrected chi connectivity index (χ3v) is 3.55. The summed E-state index contributed by atoms with van der Waals surface area (Å²) in [5.74, 6) is 1.11. The highest BCUT2D eigenvalue weighted by atomic mass is 19.4. The van der Waals surface area contributed by atoms with Crippen LogP contribution in [0.25, 0.3) is 5.52 Å². The van der Waals surface area contributed by atoms with Gasteiger partial charge in [-0.25, -0.2) is 4.98 Å². The Kier molecular flexibility index (Phi) is 2.97. The van der Waals surface area contributed by atoms with E-state index in [1.54, 1.807) is 4.40 Å². The predicted octanol–water partition coefficient (Wildman–Crippen LogP) is 2.82. The third kappa shape index (κ3) is 2.32. The predicted molar refractivity (Wildman–Crippen MR) is 65.0 cm³/mol. The molecule has 1 saturated heterocycles. The van der Waals surface area contributed by atoms with E-state index in [1.807, 2.05) is 0 Å². The molecule has 3 rings (SSSR count). The minimum Gasteiger partial charge on any atom is -0.316 e. The second kappa shape index (κ2) is 4.52. The maximum atomic E-state index is 12.6. The Hall–Kier alpha value is -1.56. The fourth-order valence-electron chi connectivity index (χ4n) is 2.57. The lowest BCUT2D eigenvalue weighted by Gasteiger charge is -2.21. The summed E-state index contributed by atoms with van der Waals surface area (Å²) >= 11 is 0. The van der Waals surface area contributed by atoms with Gasteiger partial charge < -0.3 is 9.72 Å². The van der Waals surface area contributed by atoms with Gasteiger partial charge in [0.1, 0.15) is 5.82 Å². The molecule has 1 unspecified atom stereocenters. The maximum absolute atomic E-state index is 12.6. The molecule has 1 atom stereocenters. The third-order valence-electron chi connectivity index (χ3n) is 3.55. The topological polar surface area (TPSA) is 29.3 Å². The molecule has 0 amide bonds. The average molecular weight is 269 g/mol. The first kappa shape index (κ1) is 12.5. The number of fused-ring (bicyclic) bond motifs is 1. The molecule has 1 aliphatic heterocycles. The molecule has 1 N–H and O–H groups in total. The van der Waals surface area contributed by atoms with Crippen LogP contribution in [0.3, 0.4) is 0 Å². The van der Waals surface area contributed by atoms with E-state index < -0.39 is 11.7 Å². The average Bonchev–Trinajstić information content (AvgIpc) is 2.81. The lowest BCUT2D eigenvalue weighted by molar-refractivity contribution is -0.137. The van der Waals surface area contributed by atoms with Crippen LogP contribution >= 0.6 is 0 Å². The molecule has 0 aromatic carbocycles. The molecule has 0 spiro atoms. The van der Waals surface area contributed by atoms with Crippen molar-refractivity contribution in [1.29, 1.82) is 0 Å². The Bertz CT molecular complexity index is 582. The van der Waals surface area contributed by atoms with Gasteiger partial charge in [0.15, 0.2) is 0 Å². The molecule has 19 heavy (non-hydrogen) atoms. The van der Waals surface area contributed by atoms with Crippen LogP contribution in [0.1, 0.15) is 30.1 Å². The summed E-state index contributed by atoms with van der Waals surface area (Å²) in [5.41, 5.74) is -0.136. The summed E-state index contributed by atoms with van der Waals surface area (Å²) in [6, 6.07) is 2.25. The molecule has 0 bridgehead atoms. The van der Waals surface area contributed by atoms with Crippen LogP contribution in [0.2, 0.25) is 0 Å². The SMILES string of the molecule is FC(F)(F)c1ccn2c(C3CCCNC3)ncc2c1. The van der Waals surface area contributed by atoms with Crippen LogP contribution in [0.4, 0.5) is 13.2 Å². The summed E-state index contributed by atoms with van der Waals surface area (Å²) < 4.78 is 39.7. The maximum Gasteiger partial charge on any atom is 0.416 e. The van der Waals surface area contributed by atoms with Crippen LogP contribution in [-0.4, -0.2) is 22.5 Å². The van der Waals surface area contributed by atoms with Crippen molar-refractivity contribution < 1.29 is 13.2 Å². The van der Waals surface area contributed by atoms with Crippen molar-refractivity contribution in [2.75, 3.05) is 13.1 Å². The molecule has 2 aromatic rings. The molecule has 0 radical (unpaired) electrons. The van der Waals surface area contributed by atoms with Crippen LogP contribution in [-0.2, 0) is 6.18 Å². The number of rotatable bonds is 1. The summed E-state index contributed by atoms with van der Waals surface area (Å²) in [6.45, 7) is 1.83. The molecule has 1 fully saturated rings. The lowest BCUT2D eigenvalue weighted by atomic mass is 9.99. The number of imidazole rings is 1. The largest absolute Gasteiger partial charge is 0.416 e. The number of hydrogen-bond acceptors (Lipinski definition) is 2. The van der Waals surface area contributed by atoms with Crippen molar-refractivity contribution in [2.24, 2.45) is 0 Å². The van der Waals surface area contributed by atoms with E-state index in [1.165, 1.54) is 12.4 Å². The Morgan fingerprint density at radius 3 is 2.89 bits per heavy atom. The molecular weight excluding hydrogens is 255 g/mol. The lowest BCUT2D eigenvalue weighted by Crippen LogP contribution is -2.29. The quantitative estimate of drug-likeness (QED) is 0.862. The minimum atomic E-state index is -4.31. The van der Waals surface area contributed by atoms with E-state index >= 15 is 0 Å². The zero-order valence-corrected chi connectivity index (χ0v) is 10.2. The minimum absolute atomic E-state index is 0.271. The highest BCUT2D eigenvalue weighted by molar-refractivity contribution is 5.49. The van der Waals surface area contributed by atoms with E-state index in [0.29, 0.717) is 5.52 Å². The van der Waals surface area contributed by atoms with E-state index in [4.69, 9.17) is 0 Å². The summed E-state index contributed by atoms with van der Waals surface area (Å²) in [6.07, 6.45) is 0.764. The number of piperidine rings is 1. The van der Waals surface area contributed by atoms with Crippen molar-refractivity contribution in [3.63, 3.8) is 0 Å². The Balaban J connectivity index is 2.00.